The molecule has 0 atom stereocenters. The molecule has 0 aliphatic carbocycles. The highest BCUT2D eigenvalue weighted by Gasteiger charge is 2.13. The van der Waals surface area contributed by atoms with E-state index in [4.69, 9.17) is 5.11 Å². The van der Waals surface area contributed by atoms with Gasteiger partial charge >= 0.3 is 5.97 Å². The molecule has 0 aliphatic heterocycles. The normalized spacial score (nSPS) is 12.3. The number of rotatable bonds is 3. The van der Waals surface area contributed by atoms with Crippen molar-refractivity contribution in [3.63, 3.8) is 0 Å². The van der Waals surface area contributed by atoms with Crippen LogP contribution >= 0.6 is 0 Å². The molecular formula is C7H11FO3. The number of hydrogen-bond donors (Lipinski definition) is 1. The van der Waals surface area contributed by atoms with Gasteiger partial charge in [0.05, 0.1) is 6.61 Å². The Kier molecular flexibility index (Phi) is 4.26. The Morgan fingerprint density at radius 3 is 2.45 bits per heavy atom. The van der Waals surface area contributed by atoms with E-state index < -0.39 is 17.6 Å². The molecule has 0 unspecified atom stereocenters. The minimum atomic E-state index is -1.20. The highest BCUT2D eigenvalue weighted by atomic mass is 19.1. The largest absolute Gasteiger partial charge is 0.509 e. The van der Waals surface area contributed by atoms with Crippen LogP contribution in [0.5, 0.6) is 0 Å². The second-order valence-electron chi connectivity index (χ2n) is 1.83. The number of carbonyl (C=O) groups excluding carboxylic acids is 1. The highest BCUT2D eigenvalue weighted by molar-refractivity contribution is 5.86. The summed E-state index contributed by atoms with van der Waals surface area (Å²) in [5.41, 5.74) is 0. The Morgan fingerprint density at radius 2 is 2.09 bits per heavy atom. The summed E-state index contributed by atoms with van der Waals surface area (Å²) in [5, 5.41) is 8.73. The predicted molar refractivity (Wildman–Crippen MR) is 37.7 cm³/mol. The first kappa shape index (κ1) is 9.94. The summed E-state index contributed by atoms with van der Waals surface area (Å²) < 4.78 is 16.8. The number of aliphatic hydroxyl groups is 1. The van der Waals surface area contributed by atoms with E-state index >= 15 is 0 Å². The maximum absolute atomic E-state index is 12.5. The number of carbonyl (C=O) groups is 1. The average Bonchev–Trinajstić information content (AvgIpc) is 2.02. The van der Waals surface area contributed by atoms with Gasteiger partial charge in [-0.15, -0.1) is 0 Å². The van der Waals surface area contributed by atoms with Gasteiger partial charge in [0, 0.05) is 6.42 Å². The van der Waals surface area contributed by atoms with E-state index in [1.807, 2.05) is 0 Å². The van der Waals surface area contributed by atoms with E-state index in [0.29, 0.717) is 0 Å². The molecule has 0 amide bonds. The molecule has 11 heavy (non-hydrogen) atoms. The molecule has 0 saturated heterocycles. The van der Waals surface area contributed by atoms with Crippen LogP contribution in [0.1, 0.15) is 20.3 Å². The molecule has 1 N–H and O–H groups in total. The zero-order valence-corrected chi connectivity index (χ0v) is 6.56. The van der Waals surface area contributed by atoms with Gasteiger partial charge in [-0.2, -0.15) is 4.39 Å². The van der Waals surface area contributed by atoms with Crippen molar-refractivity contribution in [1.29, 1.82) is 0 Å². The van der Waals surface area contributed by atoms with Crippen LogP contribution in [0.2, 0.25) is 0 Å². The lowest BCUT2D eigenvalue weighted by Gasteiger charge is -1.99. The fraction of sp³-hybridized carbons (Fsp3) is 0.571. The van der Waals surface area contributed by atoms with Gasteiger partial charge < -0.3 is 9.84 Å². The molecule has 0 rings (SSSR count). The molecule has 64 valence electrons. The van der Waals surface area contributed by atoms with Gasteiger partial charge in [-0.25, -0.2) is 4.79 Å². The van der Waals surface area contributed by atoms with Gasteiger partial charge in [0.2, 0.25) is 5.83 Å². The Labute approximate surface area is 64.5 Å². The van der Waals surface area contributed by atoms with E-state index in [2.05, 4.69) is 4.74 Å². The second-order valence-corrected chi connectivity index (χ2v) is 1.83. The summed E-state index contributed by atoms with van der Waals surface area (Å²) in [4.78, 5) is 10.5. The Morgan fingerprint density at radius 1 is 1.55 bits per heavy atom. The SMILES string of the molecule is CCOC(=O)C(F)=C(O)CC. The molecule has 0 heterocycles. The van der Waals surface area contributed by atoms with Crippen LogP contribution in [0, 0.1) is 0 Å². The van der Waals surface area contributed by atoms with Crippen LogP contribution in [0.15, 0.2) is 11.6 Å². The van der Waals surface area contributed by atoms with Crippen molar-refractivity contribution < 1.29 is 19.0 Å². The van der Waals surface area contributed by atoms with Gasteiger partial charge in [0.25, 0.3) is 0 Å². The number of aliphatic hydroxyl groups excluding tert-OH is 1. The lowest BCUT2D eigenvalue weighted by Crippen LogP contribution is -2.06. The predicted octanol–water partition coefficient (Wildman–Crippen LogP) is 1.70. The standard InChI is InChI=1S/C7H11FO3/c1-3-5(9)6(8)7(10)11-4-2/h9H,3-4H2,1-2H3. The molecule has 0 aromatic carbocycles. The molecule has 0 fully saturated rings. The summed E-state index contributed by atoms with van der Waals surface area (Å²) in [6.45, 7) is 3.20. The molecule has 0 saturated carbocycles. The number of allylic oxidation sites excluding steroid dienone is 1. The maximum atomic E-state index is 12.5. The summed E-state index contributed by atoms with van der Waals surface area (Å²) in [6, 6.07) is 0. The van der Waals surface area contributed by atoms with Crippen LogP contribution in [0.3, 0.4) is 0 Å². The molecule has 0 bridgehead atoms. The fourth-order valence-corrected chi connectivity index (χ4v) is 0.467. The Bertz CT molecular complexity index is 175. The highest BCUT2D eigenvalue weighted by Crippen LogP contribution is 2.08. The molecule has 3 nitrogen and oxygen atoms in total. The second kappa shape index (κ2) is 4.71. The third-order valence-electron chi connectivity index (χ3n) is 1.04. The molecule has 0 aliphatic rings. The van der Waals surface area contributed by atoms with Crippen LogP contribution in [-0.4, -0.2) is 17.7 Å². The molecule has 0 spiro atoms. The monoisotopic (exact) mass is 162 g/mol. The van der Waals surface area contributed by atoms with Gasteiger partial charge in [-0.1, -0.05) is 6.92 Å². The van der Waals surface area contributed by atoms with Crippen molar-refractivity contribution in [2.45, 2.75) is 20.3 Å². The van der Waals surface area contributed by atoms with Crippen molar-refractivity contribution in [3.05, 3.63) is 11.6 Å². The topological polar surface area (TPSA) is 46.5 Å². The van der Waals surface area contributed by atoms with Crippen molar-refractivity contribution in [2.75, 3.05) is 6.61 Å². The summed E-state index contributed by atoms with van der Waals surface area (Å²) in [5.74, 6) is -2.87. The van der Waals surface area contributed by atoms with E-state index in [9.17, 15) is 9.18 Å². The van der Waals surface area contributed by atoms with E-state index in [0.717, 1.165) is 0 Å². The van der Waals surface area contributed by atoms with Crippen LogP contribution in [-0.2, 0) is 9.53 Å². The van der Waals surface area contributed by atoms with Gasteiger partial charge in [-0.3, -0.25) is 0 Å². The molecule has 0 radical (unpaired) electrons. The lowest BCUT2D eigenvalue weighted by atomic mass is 10.3. The minimum absolute atomic E-state index is 0.0879. The number of esters is 1. The number of ether oxygens (including phenoxy) is 1. The first-order chi connectivity index (χ1) is 5.13. The minimum Gasteiger partial charge on any atom is -0.509 e. The van der Waals surface area contributed by atoms with Crippen LogP contribution in [0.25, 0.3) is 0 Å². The number of halogens is 1. The lowest BCUT2D eigenvalue weighted by molar-refractivity contribution is -0.140. The fourth-order valence-electron chi connectivity index (χ4n) is 0.467. The van der Waals surface area contributed by atoms with Crippen molar-refractivity contribution in [3.8, 4) is 0 Å². The first-order valence-corrected chi connectivity index (χ1v) is 3.38. The third kappa shape index (κ3) is 3.02. The van der Waals surface area contributed by atoms with Crippen molar-refractivity contribution in [1.82, 2.24) is 0 Å². The third-order valence-corrected chi connectivity index (χ3v) is 1.04. The zero-order chi connectivity index (χ0) is 8.85. The average molecular weight is 162 g/mol. The van der Waals surface area contributed by atoms with E-state index in [-0.39, 0.29) is 13.0 Å². The van der Waals surface area contributed by atoms with Crippen molar-refractivity contribution >= 4 is 5.97 Å². The van der Waals surface area contributed by atoms with E-state index in [1.165, 1.54) is 6.92 Å². The Balaban J connectivity index is 4.22. The molecule has 4 heteroatoms. The van der Waals surface area contributed by atoms with Gasteiger partial charge in [-0.05, 0) is 6.92 Å². The van der Waals surface area contributed by atoms with E-state index in [1.54, 1.807) is 6.92 Å². The smallest absolute Gasteiger partial charge is 0.370 e. The molecule has 0 aromatic rings. The summed E-state index contributed by atoms with van der Waals surface area (Å²) >= 11 is 0. The Hall–Kier alpha value is -1.06. The van der Waals surface area contributed by atoms with Gasteiger partial charge in [0.15, 0.2) is 0 Å². The number of hydrogen-bond acceptors (Lipinski definition) is 3. The summed E-state index contributed by atoms with van der Waals surface area (Å²) in [7, 11) is 0. The maximum Gasteiger partial charge on any atom is 0.370 e. The first-order valence-electron chi connectivity index (χ1n) is 3.38. The quantitative estimate of drug-likeness (QED) is 0.390. The molecule has 0 aromatic heterocycles. The van der Waals surface area contributed by atoms with Crippen LogP contribution < -0.4 is 0 Å². The zero-order valence-electron chi connectivity index (χ0n) is 6.56. The molecular weight excluding hydrogens is 151 g/mol. The van der Waals surface area contributed by atoms with Crippen LogP contribution in [0.4, 0.5) is 4.39 Å². The van der Waals surface area contributed by atoms with Gasteiger partial charge in [0.1, 0.15) is 5.76 Å². The summed E-state index contributed by atoms with van der Waals surface area (Å²) in [6.07, 6.45) is 0.0879. The van der Waals surface area contributed by atoms with Crippen molar-refractivity contribution in [2.24, 2.45) is 0 Å².